The zero-order valence-corrected chi connectivity index (χ0v) is 12.7. The molecule has 2 N–H and O–H groups in total. The SMILES string of the molecule is CC(NC(=O)Nc1ccc(Cl)cc1F)c1ccc(Cl)cc1. The zero-order chi connectivity index (χ0) is 15.4. The van der Waals surface area contributed by atoms with E-state index < -0.39 is 11.8 Å². The summed E-state index contributed by atoms with van der Waals surface area (Å²) in [7, 11) is 0. The molecule has 0 aliphatic carbocycles. The van der Waals surface area contributed by atoms with Gasteiger partial charge in [0.25, 0.3) is 0 Å². The van der Waals surface area contributed by atoms with Gasteiger partial charge in [-0.2, -0.15) is 0 Å². The molecule has 3 nitrogen and oxygen atoms in total. The molecule has 0 saturated carbocycles. The van der Waals surface area contributed by atoms with E-state index in [2.05, 4.69) is 10.6 Å². The first-order valence-electron chi connectivity index (χ1n) is 6.24. The summed E-state index contributed by atoms with van der Waals surface area (Å²) in [5.41, 5.74) is 0.964. The molecule has 0 aromatic heterocycles. The number of urea groups is 1. The number of rotatable bonds is 3. The molecule has 0 aliphatic heterocycles. The zero-order valence-electron chi connectivity index (χ0n) is 11.2. The smallest absolute Gasteiger partial charge is 0.319 e. The number of nitrogens with one attached hydrogen (secondary N) is 2. The third-order valence-corrected chi connectivity index (χ3v) is 3.38. The number of halogens is 3. The van der Waals surface area contributed by atoms with Gasteiger partial charge in [-0.15, -0.1) is 0 Å². The molecule has 21 heavy (non-hydrogen) atoms. The summed E-state index contributed by atoms with van der Waals surface area (Å²) < 4.78 is 13.6. The highest BCUT2D eigenvalue weighted by molar-refractivity contribution is 6.30. The number of hydrogen-bond acceptors (Lipinski definition) is 1. The van der Waals surface area contributed by atoms with Crippen LogP contribution in [0.5, 0.6) is 0 Å². The van der Waals surface area contributed by atoms with E-state index in [1.54, 1.807) is 12.1 Å². The lowest BCUT2D eigenvalue weighted by Crippen LogP contribution is -2.31. The van der Waals surface area contributed by atoms with E-state index in [1.165, 1.54) is 12.1 Å². The van der Waals surface area contributed by atoms with Crippen LogP contribution in [0.15, 0.2) is 42.5 Å². The minimum Gasteiger partial charge on any atom is -0.331 e. The van der Waals surface area contributed by atoms with Crippen LogP contribution < -0.4 is 10.6 Å². The van der Waals surface area contributed by atoms with Crippen molar-refractivity contribution in [1.82, 2.24) is 5.32 Å². The summed E-state index contributed by atoms with van der Waals surface area (Å²) in [5, 5.41) is 6.05. The van der Waals surface area contributed by atoms with Gasteiger partial charge in [-0.05, 0) is 42.8 Å². The Bertz CT molecular complexity index is 647. The number of carbonyl (C=O) groups excluding carboxylic acids is 1. The van der Waals surface area contributed by atoms with Gasteiger partial charge in [-0.3, -0.25) is 0 Å². The van der Waals surface area contributed by atoms with Crippen molar-refractivity contribution in [2.75, 3.05) is 5.32 Å². The van der Waals surface area contributed by atoms with Gasteiger partial charge in [-0.25, -0.2) is 9.18 Å². The maximum atomic E-state index is 13.6. The van der Waals surface area contributed by atoms with Crippen LogP contribution in [0.1, 0.15) is 18.5 Å². The fourth-order valence-corrected chi connectivity index (χ4v) is 2.07. The quantitative estimate of drug-likeness (QED) is 0.817. The molecule has 1 atom stereocenters. The summed E-state index contributed by atoms with van der Waals surface area (Å²) in [6.07, 6.45) is 0. The largest absolute Gasteiger partial charge is 0.331 e. The van der Waals surface area contributed by atoms with Crippen molar-refractivity contribution in [3.63, 3.8) is 0 Å². The third-order valence-electron chi connectivity index (χ3n) is 2.90. The number of carbonyl (C=O) groups is 1. The van der Waals surface area contributed by atoms with Crippen molar-refractivity contribution in [2.24, 2.45) is 0 Å². The second kappa shape index (κ2) is 6.78. The van der Waals surface area contributed by atoms with Gasteiger partial charge in [0.2, 0.25) is 0 Å². The minimum atomic E-state index is -0.586. The lowest BCUT2D eigenvalue weighted by atomic mass is 10.1. The fraction of sp³-hybridized carbons (Fsp3) is 0.133. The van der Waals surface area contributed by atoms with Gasteiger partial charge >= 0.3 is 6.03 Å². The fourth-order valence-electron chi connectivity index (χ4n) is 1.78. The monoisotopic (exact) mass is 326 g/mol. The van der Waals surface area contributed by atoms with Gasteiger partial charge in [0.15, 0.2) is 0 Å². The maximum Gasteiger partial charge on any atom is 0.319 e. The molecule has 0 bridgehead atoms. The number of anilines is 1. The van der Waals surface area contributed by atoms with Crippen molar-refractivity contribution in [3.8, 4) is 0 Å². The molecule has 0 radical (unpaired) electrons. The topological polar surface area (TPSA) is 41.1 Å². The molecular weight excluding hydrogens is 314 g/mol. The average Bonchev–Trinajstić information content (AvgIpc) is 2.42. The van der Waals surface area contributed by atoms with Crippen molar-refractivity contribution in [3.05, 3.63) is 63.9 Å². The Morgan fingerprint density at radius 2 is 1.71 bits per heavy atom. The molecule has 6 heteroatoms. The summed E-state index contributed by atoms with van der Waals surface area (Å²) in [6, 6.07) is 10.4. The second-order valence-electron chi connectivity index (χ2n) is 4.50. The van der Waals surface area contributed by atoms with E-state index in [1.807, 2.05) is 19.1 Å². The molecule has 0 heterocycles. The molecule has 110 valence electrons. The molecule has 2 rings (SSSR count). The van der Waals surface area contributed by atoms with Gasteiger partial charge in [0.05, 0.1) is 11.7 Å². The Kier molecular flexibility index (Phi) is 5.04. The molecule has 0 fully saturated rings. The highest BCUT2D eigenvalue weighted by Crippen LogP contribution is 2.19. The van der Waals surface area contributed by atoms with Crippen LogP contribution >= 0.6 is 23.2 Å². The van der Waals surface area contributed by atoms with E-state index in [0.29, 0.717) is 5.02 Å². The highest BCUT2D eigenvalue weighted by atomic mass is 35.5. The number of amides is 2. The van der Waals surface area contributed by atoms with Crippen molar-refractivity contribution in [2.45, 2.75) is 13.0 Å². The first-order chi connectivity index (χ1) is 9.95. The van der Waals surface area contributed by atoms with Gasteiger partial charge in [0.1, 0.15) is 5.82 Å². The Labute approximate surface area is 132 Å². The molecule has 0 saturated heterocycles. The van der Waals surface area contributed by atoms with Gasteiger partial charge < -0.3 is 10.6 Å². The Morgan fingerprint density at radius 3 is 2.33 bits per heavy atom. The van der Waals surface area contributed by atoms with Gasteiger partial charge in [-0.1, -0.05) is 35.3 Å². The van der Waals surface area contributed by atoms with Crippen molar-refractivity contribution in [1.29, 1.82) is 0 Å². The Balaban J connectivity index is 1.99. The third kappa shape index (κ3) is 4.34. The first kappa shape index (κ1) is 15.6. The summed E-state index contributed by atoms with van der Waals surface area (Å²) in [4.78, 5) is 11.9. The van der Waals surface area contributed by atoms with E-state index >= 15 is 0 Å². The van der Waals surface area contributed by atoms with E-state index in [-0.39, 0.29) is 16.8 Å². The minimum absolute atomic E-state index is 0.0696. The molecule has 2 aromatic rings. The normalized spacial score (nSPS) is 11.8. The maximum absolute atomic E-state index is 13.6. The van der Waals surface area contributed by atoms with Crippen LogP contribution in [0.25, 0.3) is 0 Å². The second-order valence-corrected chi connectivity index (χ2v) is 5.37. The summed E-state index contributed by atoms with van der Waals surface area (Å²) in [6.45, 7) is 1.82. The van der Waals surface area contributed by atoms with Crippen LogP contribution in [0.3, 0.4) is 0 Å². The predicted molar refractivity (Wildman–Crippen MR) is 83.4 cm³/mol. The Morgan fingerprint density at radius 1 is 1.10 bits per heavy atom. The van der Waals surface area contributed by atoms with Crippen LogP contribution in [0.2, 0.25) is 10.0 Å². The van der Waals surface area contributed by atoms with Crippen molar-refractivity contribution < 1.29 is 9.18 Å². The lowest BCUT2D eigenvalue weighted by Gasteiger charge is -2.15. The number of hydrogen-bond donors (Lipinski definition) is 2. The molecule has 0 aliphatic rings. The van der Waals surface area contributed by atoms with Crippen LogP contribution in [-0.2, 0) is 0 Å². The standard InChI is InChI=1S/C15H13Cl2FN2O/c1-9(10-2-4-11(16)5-3-10)19-15(21)20-14-7-6-12(17)8-13(14)18/h2-9H,1H3,(H2,19,20,21). The molecule has 0 spiro atoms. The van der Waals surface area contributed by atoms with Crippen LogP contribution in [0.4, 0.5) is 14.9 Å². The molecule has 1 unspecified atom stereocenters. The number of benzene rings is 2. The van der Waals surface area contributed by atoms with Gasteiger partial charge in [0, 0.05) is 10.0 Å². The van der Waals surface area contributed by atoms with Crippen LogP contribution in [0, 0.1) is 5.82 Å². The molecular formula is C15H13Cl2FN2O. The lowest BCUT2D eigenvalue weighted by molar-refractivity contribution is 0.249. The first-order valence-corrected chi connectivity index (χ1v) is 6.99. The van der Waals surface area contributed by atoms with Crippen molar-refractivity contribution >= 4 is 34.9 Å². The summed E-state index contributed by atoms with van der Waals surface area (Å²) in [5.74, 6) is -0.586. The van der Waals surface area contributed by atoms with E-state index in [0.717, 1.165) is 11.6 Å². The highest BCUT2D eigenvalue weighted by Gasteiger charge is 2.11. The van der Waals surface area contributed by atoms with Crippen LogP contribution in [-0.4, -0.2) is 6.03 Å². The van der Waals surface area contributed by atoms with E-state index in [9.17, 15) is 9.18 Å². The summed E-state index contributed by atoms with van der Waals surface area (Å²) >= 11 is 11.5. The molecule has 2 aromatic carbocycles. The molecule has 2 amide bonds. The van der Waals surface area contributed by atoms with E-state index in [4.69, 9.17) is 23.2 Å². The average molecular weight is 327 g/mol. The predicted octanol–water partition coefficient (Wildman–Crippen LogP) is 5.02. The Hall–Kier alpha value is -1.78.